The SMILES string of the molecule is CSc1cccc(NC(=O)N2CCN(c3cc(-n4nc(C)cc4C)nc(C)n3)CC2)c1. The van der Waals surface area contributed by atoms with Crippen LogP contribution in [-0.4, -0.2) is 63.1 Å². The zero-order valence-electron chi connectivity index (χ0n) is 18.3. The smallest absolute Gasteiger partial charge is 0.321 e. The van der Waals surface area contributed by atoms with Crippen LogP contribution in [0.5, 0.6) is 0 Å². The number of carbonyl (C=O) groups is 1. The van der Waals surface area contributed by atoms with Gasteiger partial charge in [0.2, 0.25) is 0 Å². The van der Waals surface area contributed by atoms with E-state index in [2.05, 4.69) is 25.3 Å². The van der Waals surface area contributed by atoms with E-state index < -0.39 is 0 Å². The van der Waals surface area contributed by atoms with Gasteiger partial charge < -0.3 is 15.1 Å². The van der Waals surface area contributed by atoms with Gasteiger partial charge in [0.1, 0.15) is 11.6 Å². The van der Waals surface area contributed by atoms with Crippen LogP contribution in [0.25, 0.3) is 5.82 Å². The van der Waals surface area contributed by atoms with Crippen molar-refractivity contribution < 1.29 is 4.79 Å². The summed E-state index contributed by atoms with van der Waals surface area (Å²) in [7, 11) is 0. The number of aryl methyl sites for hydroxylation is 3. The summed E-state index contributed by atoms with van der Waals surface area (Å²) in [6.45, 7) is 8.57. The Kier molecular flexibility index (Phi) is 6.13. The molecule has 4 rings (SSSR count). The molecule has 0 bridgehead atoms. The zero-order valence-corrected chi connectivity index (χ0v) is 19.1. The van der Waals surface area contributed by atoms with Crippen molar-refractivity contribution in [3.05, 3.63) is 53.6 Å². The molecule has 9 heteroatoms. The van der Waals surface area contributed by atoms with Crippen molar-refractivity contribution >= 4 is 29.3 Å². The van der Waals surface area contributed by atoms with Gasteiger partial charge in [-0.25, -0.2) is 19.4 Å². The number of amides is 2. The number of hydrogen-bond acceptors (Lipinski definition) is 6. The molecule has 0 spiro atoms. The van der Waals surface area contributed by atoms with Crippen LogP contribution >= 0.6 is 11.8 Å². The number of aromatic nitrogens is 4. The minimum absolute atomic E-state index is 0.0694. The van der Waals surface area contributed by atoms with Crippen LogP contribution in [0.1, 0.15) is 17.2 Å². The van der Waals surface area contributed by atoms with Crippen LogP contribution in [0.15, 0.2) is 41.3 Å². The fourth-order valence-corrected chi connectivity index (χ4v) is 4.17. The number of rotatable bonds is 4. The van der Waals surface area contributed by atoms with Gasteiger partial charge in [-0.1, -0.05) is 6.07 Å². The van der Waals surface area contributed by atoms with Gasteiger partial charge in [-0.2, -0.15) is 5.10 Å². The van der Waals surface area contributed by atoms with Crippen molar-refractivity contribution in [1.29, 1.82) is 0 Å². The van der Waals surface area contributed by atoms with E-state index >= 15 is 0 Å². The van der Waals surface area contributed by atoms with Gasteiger partial charge in [-0.15, -0.1) is 11.8 Å². The molecule has 1 N–H and O–H groups in total. The van der Waals surface area contributed by atoms with Crippen LogP contribution in [0, 0.1) is 20.8 Å². The second kappa shape index (κ2) is 8.97. The van der Waals surface area contributed by atoms with Gasteiger partial charge >= 0.3 is 6.03 Å². The standard InChI is InChI=1S/C22H27N7OS/c1-15-12-16(2)29(26-15)21-14-20(23-17(3)24-21)27-8-10-28(11-9-27)22(30)25-18-6-5-7-19(13-18)31-4/h5-7,12-14H,8-11H2,1-4H3,(H,25,30). The number of nitrogens with one attached hydrogen (secondary N) is 1. The van der Waals surface area contributed by atoms with E-state index in [1.165, 1.54) is 0 Å². The number of piperazine rings is 1. The maximum atomic E-state index is 12.7. The van der Waals surface area contributed by atoms with Crippen molar-refractivity contribution in [1.82, 2.24) is 24.6 Å². The molecule has 2 amide bonds. The molecular weight excluding hydrogens is 410 g/mol. The Hall–Kier alpha value is -3.07. The molecule has 3 aromatic rings. The highest BCUT2D eigenvalue weighted by Crippen LogP contribution is 2.21. The number of urea groups is 1. The lowest BCUT2D eigenvalue weighted by atomic mass is 10.3. The third kappa shape index (κ3) is 4.82. The van der Waals surface area contributed by atoms with Crippen molar-refractivity contribution in [3.8, 4) is 5.82 Å². The monoisotopic (exact) mass is 437 g/mol. The van der Waals surface area contributed by atoms with E-state index in [1.807, 2.05) is 73.0 Å². The second-order valence-electron chi connectivity index (χ2n) is 7.61. The number of thioether (sulfide) groups is 1. The van der Waals surface area contributed by atoms with Crippen LogP contribution in [0.2, 0.25) is 0 Å². The second-order valence-corrected chi connectivity index (χ2v) is 8.49. The minimum atomic E-state index is -0.0694. The first-order valence-corrected chi connectivity index (χ1v) is 11.5. The van der Waals surface area contributed by atoms with E-state index in [4.69, 9.17) is 0 Å². The van der Waals surface area contributed by atoms with Crippen LogP contribution in [0.4, 0.5) is 16.3 Å². The summed E-state index contributed by atoms with van der Waals surface area (Å²) in [6, 6.07) is 11.8. The van der Waals surface area contributed by atoms with Gasteiger partial charge in [0.05, 0.1) is 5.69 Å². The fraction of sp³-hybridized carbons (Fsp3) is 0.364. The molecule has 1 aromatic carbocycles. The number of hydrogen-bond donors (Lipinski definition) is 1. The molecule has 0 radical (unpaired) electrons. The lowest BCUT2D eigenvalue weighted by Gasteiger charge is -2.35. The molecule has 2 aromatic heterocycles. The Morgan fingerprint density at radius 1 is 1.00 bits per heavy atom. The average molecular weight is 438 g/mol. The summed E-state index contributed by atoms with van der Waals surface area (Å²) < 4.78 is 1.85. The van der Waals surface area contributed by atoms with Crippen LogP contribution in [-0.2, 0) is 0 Å². The van der Waals surface area contributed by atoms with Crippen LogP contribution in [0.3, 0.4) is 0 Å². The maximum Gasteiger partial charge on any atom is 0.321 e. The molecule has 1 aliphatic rings. The van der Waals surface area contributed by atoms with Gasteiger partial charge in [-0.05, 0) is 51.3 Å². The Morgan fingerprint density at radius 2 is 1.74 bits per heavy atom. The summed E-state index contributed by atoms with van der Waals surface area (Å²) in [5.74, 6) is 2.33. The third-order valence-electron chi connectivity index (χ3n) is 5.25. The first-order valence-electron chi connectivity index (χ1n) is 10.3. The van der Waals surface area contributed by atoms with Gasteiger partial charge in [0.15, 0.2) is 5.82 Å². The normalized spacial score (nSPS) is 14.1. The summed E-state index contributed by atoms with van der Waals surface area (Å²) in [5, 5.41) is 7.55. The molecule has 0 saturated carbocycles. The van der Waals surface area contributed by atoms with Gasteiger partial charge in [0.25, 0.3) is 0 Å². The molecule has 1 fully saturated rings. The molecule has 1 aliphatic heterocycles. The Bertz CT molecular complexity index is 1090. The molecule has 0 unspecified atom stereocenters. The number of benzene rings is 1. The Morgan fingerprint density at radius 3 is 2.42 bits per heavy atom. The first kappa shape index (κ1) is 21.2. The summed E-state index contributed by atoms with van der Waals surface area (Å²) >= 11 is 1.66. The minimum Gasteiger partial charge on any atom is -0.353 e. The van der Waals surface area contributed by atoms with E-state index in [-0.39, 0.29) is 6.03 Å². The van der Waals surface area contributed by atoms with E-state index in [1.54, 1.807) is 11.8 Å². The molecule has 8 nitrogen and oxygen atoms in total. The van der Waals surface area contributed by atoms with Gasteiger partial charge in [0, 0.05) is 48.5 Å². The molecule has 3 heterocycles. The predicted molar refractivity (Wildman–Crippen MR) is 124 cm³/mol. The third-order valence-corrected chi connectivity index (χ3v) is 5.97. The topological polar surface area (TPSA) is 79.2 Å². The largest absolute Gasteiger partial charge is 0.353 e. The molecular formula is C22H27N7OS. The van der Waals surface area contributed by atoms with E-state index in [0.29, 0.717) is 32.0 Å². The lowest BCUT2D eigenvalue weighted by Crippen LogP contribution is -2.50. The fourth-order valence-electron chi connectivity index (χ4n) is 3.71. The molecule has 1 saturated heterocycles. The van der Waals surface area contributed by atoms with Crippen molar-refractivity contribution in [2.75, 3.05) is 42.7 Å². The highest BCUT2D eigenvalue weighted by atomic mass is 32.2. The van der Waals surface area contributed by atoms with Crippen molar-refractivity contribution in [3.63, 3.8) is 0 Å². The van der Waals surface area contributed by atoms with Gasteiger partial charge in [-0.3, -0.25) is 0 Å². The average Bonchev–Trinajstić information content (AvgIpc) is 3.11. The van der Waals surface area contributed by atoms with E-state index in [9.17, 15) is 4.79 Å². The zero-order chi connectivity index (χ0) is 22.0. The number of anilines is 2. The highest BCUT2D eigenvalue weighted by molar-refractivity contribution is 7.98. The maximum absolute atomic E-state index is 12.7. The predicted octanol–water partition coefficient (Wildman–Crippen LogP) is 3.66. The molecule has 0 atom stereocenters. The summed E-state index contributed by atoms with van der Waals surface area (Å²) in [6.07, 6.45) is 2.02. The quantitative estimate of drug-likeness (QED) is 0.628. The van der Waals surface area contributed by atoms with Crippen LogP contribution < -0.4 is 10.2 Å². The number of nitrogens with zero attached hydrogens (tertiary/aromatic N) is 6. The Labute approximate surface area is 186 Å². The summed E-state index contributed by atoms with van der Waals surface area (Å²) in [5.41, 5.74) is 2.81. The lowest BCUT2D eigenvalue weighted by molar-refractivity contribution is 0.208. The van der Waals surface area contributed by atoms with Crippen molar-refractivity contribution in [2.24, 2.45) is 0 Å². The summed E-state index contributed by atoms with van der Waals surface area (Å²) in [4.78, 5) is 27.1. The molecule has 162 valence electrons. The highest BCUT2D eigenvalue weighted by Gasteiger charge is 2.23. The molecule has 0 aliphatic carbocycles. The Balaban J connectivity index is 1.42. The van der Waals surface area contributed by atoms with Crippen molar-refractivity contribution in [2.45, 2.75) is 25.7 Å². The number of carbonyl (C=O) groups excluding carboxylic acids is 1. The first-order chi connectivity index (χ1) is 14.9. The van der Waals surface area contributed by atoms with E-state index in [0.717, 1.165) is 33.6 Å². The molecule has 31 heavy (non-hydrogen) atoms.